The van der Waals surface area contributed by atoms with Crippen molar-refractivity contribution in [3.05, 3.63) is 35.5 Å². The molecule has 0 N–H and O–H groups in total. The largest absolute Gasteiger partial charge is 0.347 e. The summed E-state index contributed by atoms with van der Waals surface area (Å²) in [6.45, 7) is 2.12. The molecule has 84 valence electrons. The van der Waals surface area contributed by atoms with Crippen molar-refractivity contribution >= 4 is 17.1 Å². The molecule has 0 bridgehead atoms. The lowest BCUT2D eigenvalue weighted by molar-refractivity contribution is 0.440. The Morgan fingerprint density at radius 2 is 1.94 bits per heavy atom. The average Bonchev–Trinajstić information content (AvgIpc) is 2.50. The minimum Gasteiger partial charge on any atom is -0.347 e. The summed E-state index contributed by atoms with van der Waals surface area (Å²) >= 11 is 0. The second kappa shape index (κ2) is 4.00. The SMILES string of the molecule is Cc1c(C=NN(C)C)c2ccccc2n1C. The number of benzene rings is 1. The molecule has 0 unspecified atom stereocenters. The highest BCUT2D eigenvalue weighted by molar-refractivity contribution is 6.00. The van der Waals surface area contributed by atoms with Gasteiger partial charge in [-0.1, -0.05) is 18.2 Å². The van der Waals surface area contributed by atoms with Gasteiger partial charge in [-0.3, -0.25) is 0 Å². The molecule has 3 nitrogen and oxygen atoms in total. The Morgan fingerprint density at radius 1 is 1.25 bits per heavy atom. The van der Waals surface area contributed by atoms with E-state index in [9.17, 15) is 0 Å². The minimum absolute atomic E-state index is 1.20. The van der Waals surface area contributed by atoms with E-state index in [2.05, 4.69) is 47.9 Å². The van der Waals surface area contributed by atoms with Crippen molar-refractivity contribution in [1.82, 2.24) is 9.58 Å². The fourth-order valence-electron chi connectivity index (χ4n) is 1.89. The zero-order chi connectivity index (χ0) is 11.7. The molecule has 2 aromatic rings. The van der Waals surface area contributed by atoms with Crippen LogP contribution in [0.5, 0.6) is 0 Å². The van der Waals surface area contributed by atoms with E-state index in [4.69, 9.17) is 0 Å². The number of fused-ring (bicyclic) bond motifs is 1. The Bertz CT molecular complexity index is 535. The van der Waals surface area contributed by atoms with Crippen LogP contribution in [0.3, 0.4) is 0 Å². The third-order valence-electron chi connectivity index (χ3n) is 2.87. The summed E-state index contributed by atoms with van der Waals surface area (Å²) in [4.78, 5) is 0. The van der Waals surface area contributed by atoms with E-state index in [1.807, 2.05) is 20.3 Å². The van der Waals surface area contributed by atoms with Crippen LogP contribution in [-0.2, 0) is 7.05 Å². The molecule has 2 rings (SSSR count). The van der Waals surface area contributed by atoms with Crippen LogP contribution in [0, 0.1) is 6.92 Å². The highest BCUT2D eigenvalue weighted by Gasteiger charge is 2.08. The van der Waals surface area contributed by atoms with Crippen LogP contribution < -0.4 is 0 Å². The third-order valence-corrected chi connectivity index (χ3v) is 2.87. The van der Waals surface area contributed by atoms with E-state index in [0.29, 0.717) is 0 Å². The van der Waals surface area contributed by atoms with Gasteiger partial charge in [0, 0.05) is 43.3 Å². The second-order valence-corrected chi connectivity index (χ2v) is 4.17. The third kappa shape index (κ3) is 1.69. The Kier molecular flexibility index (Phi) is 2.69. The van der Waals surface area contributed by atoms with Crippen molar-refractivity contribution in [2.45, 2.75) is 6.92 Å². The van der Waals surface area contributed by atoms with Crippen LogP contribution in [0.4, 0.5) is 0 Å². The first-order valence-electron chi connectivity index (χ1n) is 5.36. The monoisotopic (exact) mass is 215 g/mol. The fraction of sp³-hybridized carbons (Fsp3) is 0.308. The minimum atomic E-state index is 1.20. The van der Waals surface area contributed by atoms with Gasteiger partial charge in [-0.05, 0) is 13.0 Å². The number of para-hydroxylation sites is 1. The van der Waals surface area contributed by atoms with Gasteiger partial charge in [0.1, 0.15) is 0 Å². The van der Waals surface area contributed by atoms with Gasteiger partial charge in [0.05, 0.1) is 6.21 Å². The van der Waals surface area contributed by atoms with Gasteiger partial charge in [0.25, 0.3) is 0 Å². The van der Waals surface area contributed by atoms with Crippen molar-refractivity contribution in [2.75, 3.05) is 14.1 Å². The molecule has 0 radical (unpaired) electrons. The molecule has 3 heteroatoms. The molecule has 1 heterocycles. The number of hydrogen-bond acceptors (Lipinski definition) is 2. The Balaban J connectivity index is 2.64. The summed E-state index contributed by atoms with van der Waals surface area (Å²) in [5.41, 5.74) is 3.69. The average molecular weight is 215 g/mol. The van der Waals surface area contributed by atoms with Gasteiger partial charge in [-0.25, -0.2) is 0 Å². The molecule has 0 amide bonds. The Hall–Kier alpha value is -1.77. The predicted molar refractivity (Wildman–Crippen MR) is 68.9 cm³/mol. The van der Waals surface area contributed by atoms with E-state index in [0.717, 1.165) is 0 Å². The van der Waals surface area contributed by atoms with Crippen molar-refractivity contribution in [2.24, 2.45) is 12.1 Å². The van der Waals surface area contributed by atoms with E-state index in [-0.39, 0.29) is 0 Å². The van der Waals surface area contributed by atoms with Crippen LogP contribution >= 0.6 is 0 Å². The lowest BCUT2D eigenvalue weighted by Gasteiger charge is -2.02. The van der Waals surface area contributed by atoms with E-state index < -0.39 is 0 Å². The molecule has 0 spiro atoms. The summed E-state index contributed by atoms with van der Waals surface area (Å²) < 4.78 is 2.20. The zero-order valence-corrected chi connectivity index (χ0v) is 10.2. The van der Waals surface area contributed by atoms with Gasteiger partial charge in [0.15, 0.2) is 0 Å². The van der Waals surface area contributed by atoms with Crippen molar-refractivity contribution in [3.8, 4) is 0 Å². The number of hydrazone groups is 1. The zero-order valence-electron chi connectivity index (χ0n) is 10.2. The molecule has 0 aliphatic carbocycles. The first-order chi connectivity index (χ1) is 7.61. The maximum atomic E-state index is 4.31. The highest BCUT2D eigenvalue weighted by Crippen LogP contribution is 2.22. The summed E-state index contributed by atoms with van der Waals surface area (Å²) in [5.74, 6) is 0. The summed E-state index contributed by atoms with van der Waals surface area (Å²) in [6.07, 6.45) is 1.93. The molecule has 0 saturated heterocycles. The summed E-state index contributed by atoms with van der Waals surface area (Å²) in [7, 11) is 5.94. The molecule has 0 saturated carbocycles. The lowest BCUT2D eigenvalue weighted by Crippen LogP contribution is -2.02. The highest BCUT2D eigenvalue weighted by atomic mass is 15.4. The molecular weight excluding hydrogens is 198 g/mol. The molecule has 1 aromatic carbocycles. The number of aromatic nitrogens is 1. The first kappa shape index (κ1) is 10.7. The number of hydrogen-bond donors (Lipinski definition) is 0. The quantitative estimate of drug-likeness (QED) is 0.556. The van der Waals surface area contributed by atoms with Crippen LogP contribution in [0.2, 0.25) is 0 Å². The summed E-state index contributed by atoms with van der Waals surface area (Å²) in [6, 6.07) is 8.40. The number of nitrogens with zero attached hydrogens (tertiary/aromatic N) is 3. The molecule has 0 aliphatic rings. The van der Waals surface area contributed by atoms with Crippen LogP contribution in [0.1, 0.15) is 11.3 Å². The van der Waals surface area contributed by atoms with Crippen molar-refractivity contribution < 1.29 is 0 Å². The fourth-order valence-corrected chi connectivity index (χ4v) is 1.89. The lowest BCUT2D eigenvalue weighted by atomic mass is 10.1. The van der Waals surface area contributed by atoms with Crippen molar-refractivity contribution in [1.29, 1.82) is 0 Å². The van der Waals surface area contributed by atoms with E-state index in [1.165, 1.54) is 22.2 Å². The maximum absolute atomic E-state index is 4.31. The van der Waals surface area contributed by atoms with Gasteiger partial charge in [0.2, 0.25) is 0 Å². The van der Waals surface area contributed by atoms with Gasteiger partial charge >= 0.3 is 0 Å². The van der Waals surface area contributed by atoms with Gasteiger partial charge in [-0.2, -0.15) is 5.10 Å². The maximum Gasteiger partial charge on any atom is 0.0566 e. The topological polar surface area (TPSA) is 20.5 Å². The normalized spacial score (nSPS) is 11.5. The number of rotatable bonds is 2. The van der Waals surface area contributed by atoms with Gasteiger partial charge in [-0.15, -0.1) is 0 Å². The Labute approximate surface area is 96.0 Å². The van der Waals surface area contributed by atoms with Gasteiger partial charge < -0.3 is 9.58 Å². The van der Waals surface area contributed by atoms with Crippen LogP contribution in [-0.4, -0.2) is 29.9 Å². The first-order valence-corrected chi connectivity index (χ1v) is 5.36. The molecule has 0 fully saturated rings. The summed E-state index contributed by atoms with van der Waals surface area (Å²) in [5, 5.41) is 7.38. The predicted octanol–water partition coefficient (Wildman–Crippen LogP) is 2.38. The molecule has 1 aromatic heterocycles. The molecule has 0 aliphatic heterocycles. The second-order valence-electron chi connectivity index (χ2n) is 4.17. The molecule has 0 atom stereocenters. The molecule has 16 heavy (non-hydrogen) atoms. The smallest absolute Gasteiger partial charge is 0.0566 e. The van der Waals surface area contributed by atoms with Crippen LogP contribution in [0.15, 0.2) is 29.4 Å². The number of aryl methyl sites for hydroxylation is 1. The Morgan fingerprint density at radius 3 is 2.62 bits per heavy atom. The standard InChI is InChI=1S/C13H17N3/c1-10-12(9-14-15(2)3)11-7-5-6-8-13(11)16(10)4/h5-9H,1-4H3. The van der Waals surface area contributed by atoms with E-state index >= 15 is 0 Å². The molecular formula is C13H17N3. The van der Waals surface area contributed by atoms with E-state index in [1.54, 1.807) is 5.01 Å². The van der Waals surface area contributed by atoms with Crippen molar-refractivity contribution in [3.63, 3.8) is 0 Å². The van der Waals surface area contributed by atoms with Crippen LogP contribution in [0.25, 0.3) is 10.9 Å².